The van der Waals surface area contributed by atoms with Gasteiger partial charge in [0.25, 0.3) is 5.91 Å². The first-order valence-corrected chi connectivity index (χ1v) is 5.26. The third-order valence-electron chi connectivity index (χ3n) is 2.33. The largest absolute Gasteiger partial charge is 0.373 e. The quantitative estimate of drug-likeness (QED) is 0.686. The summed E-state index contributed by atoms with van der Waals surface area (Å²) in [6.07, 6.45) is -0.332. The van der Waals surface area contributed by atoms with Crippen molar-refractivity contribution in [1.82, 2.24) is 10.2 Å². The Bertz CT molecular complexity index is 203. The average Bonchev–Trinajstić information content (AvgIpc) is 2.26. The summed E-state index contributed by atoms with van der Waals surface area (Å²) in [4.78, 5) is 13.0. The van der Waals surface area contributed by atoms with Crippen LogP contribution in [0.4, 0.5) is 0 Å². The van der Waals surface area contributed by atoms with E-state index in [0.29, 0.717) is 13.2 Å². The van der Waals surface area contributed by atoms with Gasteiger partial charge in [0.05, 0.1) is 19.3 Å². The van der Waals surface area contributed by atoms with Gasteiger partial charge < -0.3 is 19.7 Å². The normalized spacial score (nSPS) is 23.5. The predicted molar refractivity (Wildman–Crippen MR) is 56.7 cm³/mol. The zero-order valence-electron chi connectivity index (χ0n) is 9.66. The summed E-state index contributed by atoms with van der Waals surface area (Å²) in [6, 6.07) is 0. The second-order valence-corrected chi connectivity index (χ2v) is 3.91. The maximum absolute atomic E-state index is 11.5. The second-order valence-electron chi connectivity index (χ2n) is 3.91. The summed E-state index contributed by atoms with van der Waals surface area (Å²) < 4.78 is 10.9. The fourth-order valence-corrected chi connectivity index (χ4v) is 1.41. The lowest BCUT2D eigenvalue weighted by Gasteiger charge is -2.25. The summed E-state index contributed by atoms with van der Waals surface area (Å²) >= 11 is 0. The number of ether oxygens (including phenoxy) is 2. The van der Waals surface area contributed by atoms with Crippen LogP contribution in [0.25, 0.3) is 0 Å². The highest BCUT2D eigenvalue weighted by Crippen LogP contribution is 2.01. The van der Waals surface area contributed by atoms with Gasteiger partial charge in [0.15, 0.2) is 0 Å². The molecular formula is C10H20N2O3. The lowest BCUT2D eigenvalue weighted by Crippen LogP contribution is -2.43. The van der Waals surface area contributed by atoms with Crippen molar-refractivity contribution in [1.29, 1.82) is 0 Å². The standard InChI is InChI=1S/C10H20N2O3/c1-8(10(13)12(2)3)15-7-9-6-11-4-5-14-9/h8-9,11H,4-7H2,1-3H3. The number of hydrogen-bond donors (Lipinski definition) is 1. The zero-order valence-corrected chi connectivity index (χ0v) is 9.66. The molecular weight excluding hydrogens is 196 g/mol. The van der Waals surface area contributed by atoms with Crippen molar-refractivity contribution in [3.8, 4) is 0 Å². The minimum atomic E-state index is -0.398. The van der Waals surface area contributed by atoms with E-state index in [9.17, 15) is 4.79 Å². The molecule has 2 atom stereocenters. The Hall–Kier alpha value is -0.650. The second kappa shape index (κ2) is 6.05. The van der Waals surface area contributed by atoms with Crippen molar-refractivity contribution in [3.63, 3.8) is 0 Å². The van der Waals surface area contributed by atoms with Gasteiger partial charge in [0.2, 0.25) is 0 Å². The Kier molecular flexibility index (Phi) is 5.01. The molecule has 15 heavy (non-hydrogen) atoms. The summed E-state index contributed by atoms with van der Waals surface area (Å²) in [5, 5.41) is 3.21. The number of nitrogens with one attached hydrogen (secondary N) is 1. The third kappa shape index (κ3) is 4.15. The van der Waals surface area contributed by atoms with E-state index in [-0.39, 0.29) is 12.0 Å². The maximum atomic E-state index is 11.5. The van der Waals surface area contributed by atoms with Crippen molar-refractivity contribution < 1.29 is 14.3 Å². The number of carbonyl (C=O) groups is 1. The average molecular weight is 216 g/mol. The molecule has 1 fully saturated rings. The van der Waals surface area contributed by atoms with E-state index >= 15 is 0 Å². The summed E-state index contributed by atoms with van der Waals surface area (Å²) in [5.41, 5.74) is 0. The first-order valence-electron chi connectivity index (χ1n) is 5.26. The monoisotopic (exact) mass is 216 g/mol. The van der Waals surface area contributed by atoms with Crippen LogP contribution in [0.15, 0.2) is 0 Å². The molecule has 0 radical (unpaired) electrons. The van der Waals surface area contributed by atoms with Gasteiger partial charge in [-0.2, -0.15) is 0 Å². The van der Waals surface area contributed by atoms with E-state index < -0.39 is 6.10 Å². The van der Waals surface area contributed by atoms with Gasteiger partial charge in [-0.05, 0) is 6.92 Å². The molecule has 0 aliphatic carbocycles. The molecule has 0 saturated carbocycles. The van der Waals surface area contributed by atoms with E-state index in [1.807, 2.05) is 0 Å². The molecule has 5 heteroatoms. The molecule has 88 valence electrons. The van der Waals surface area contributed by atoms with Crippen LogP contribution >= 0.6 is 0 Å². The fourth-order valence-electron chi connectivity index (χ4n) is 1.41. The number of hydrogen-bond acceptors (Lipinski definition) is 4. The smallest absolute Gasteiger partial charge is 0.250 e. The van der Waals surface area contributed by atoms with Crippen LogP contribution in [0, 0.1) is 0 Å². The van der Waals surface area contributed by atoms with E-state index in [1.165, 1.54) is 4.90 Å². The van der Waals surface area contributed by atoms with E-state index in [2.05, 4.69) is 5.32 Å². The van der Waals surface area contributed by atoms with Crippen LogP contribution in [0.1, 0.15) is 6.92 Å². The molecule has 1 N–H and O–H groups in total. The van der Waals surface area contributed by atoms with Crippen molar-refractivity contribution in [2.45, 2.75) is 19.1 Å². The lowest BCUT2D eigenvalue weighted by atomic mass is 10.3. The molecule has 2 unspecified atom stereocenters. The Morgan fingerprint density at radius 1 is 1.67 bits per heavy atom. The van der Waals surface area contributed by atoms with Gasteiger partial charge in [-0.25, -0.2) is 0 Å². The summed E-state index contributed by atoms with van der Waals surface area (Å²) in [5.74, 6) is -0.0150. The van der Waals surface area contributed by atoms with Gasteiger partial charge >= 0.3 is 0 Å². The van der Waals surface area contributed by atoms with Gasteiger partial charge in [0.1, 0.15) is 6.10 Å². The molecule has 0 aromatic heterocycles. The van der Waals surface area contributed by atoms with E-state index in [4.69, 9.17) is 9.47 Å². The molecule has 1 rings (SSSR count). The van der Waals surface area contributed by atoms with Crippen molar-refractivity contribution in [2.75, 3.05) is 40.4 Å². The first-order chi connectivity index (χ1) is 7.11. The molecule has 1 saturated heterocycles. The Labute approximate surface area is 90.7 Å². The number of morpholine rings is 1. The Morgan fingerprint density at radius 3 is 2.93 bits per heavy atom. The molecule has 5 nitrogen and oxygen atoms in total. The number of rotatable bonds is 4. The number of carbonyl (C=O) groups excluding carboxylic acids is 1. The number of amides is 1. The van der Waals surface area contributed by atoms with Crippen LogP contribution in [-0.2, 0) is 14.3 Å². The van der Waals surface area contributed by atoms with Crippen LogP contribution in [-0.4, -0.2) is 63.4 Å². The highest BCUT2D eigenvalue weighted by atomic mass is 16.5. The van der Waals surface area contributed by atoms with Gasteiger partial charge in [-0.15, -0.1) is 0 Å². The lowest BCUT2D eigenvalue weighted by molar-refractivity contribution is -0.143. The van der Waals surface area contributed by atoms with E-state index in [0.717, 1.165) is 13.1 Å². The van der Waals surface area contributed by atoms with Crippen LogP contribution in [0.3, 0.4) is 0 Å². The molecule has 1 amide bonds. The van der Waals surface area contributed by atoms with Crippen LogP contribution < -0.4 is 5.32 Å². The Balaban J connectivity index is 2.20. The molecule has 1 heterocycles. The molecule has 0 aromatic carbocycles. The van der Waals surface area contributed by atoms with Gasteiger partial charge in [0, 0.05) is 27.2 Å². The highest BCUT2D eigenvalue weighted by Gasteiger charge is 2.19. The maximum Gasteiger partial charge on any atom is 0.250 e. The molecule has 0 bridgehead atoms. The number of likely N-dealkylation sites (N-methyl/N-ethyl adjacent to an activating group) is 1. The summed E-state index contributed by atoms with van der Waals surface area (Å²) in [6.45, 7) is 4.63. The molecule has 0 aromatic rings. The molecule has 1 aliphatic rings. The fraction of sp³-hybridized carbons (Fsp3) is 0.900. The van der Waals surface area contributed by atoms with Crippen LogP contribution in [0.2, 0.25) is 0 Å². The van der Waals surface area contributed by atoms with Crippen LogP contribution in [0.5, 0.6) is 0 Å². The highest BCUT2D eigenvalue weighted by molar-refractivity contribution is 5.79. The minimum Gasteiger partial charge on any atom is -0.373 e. The molecule has 0 spiro atoms. The first kappa shape index (κ1) is 12.4. The van der Waals surface area contributed by atoms with Crippen molar-refractivity contribution in [3.05, 3.63) is 0 Å². The zero-order chi connectivity index (χ0) is 11.3. The van der Waals surface area contributed by atoms with Crippen molar-refractivity contribution in [2.24, 2.45) is 0 Å². The van der Waals surface area contributed by atoms with Gasteiger partial charge in [-0.3, -0.25) is 4.79 Å². The molecule has 1 aliphatic heterocycles. The SMILES string of the molecule is CC(OCC1CNCCO1)C(=O)N(C)C. The Morgan fingerprint density at radius 2 is 2.40 bits per heavy atom. The number of nitrogens with zero attached hydrogens (tertiary/aromatic N) is 1. The van der Waals surface area contributed by atoms with E-state index in [1.54, 1.807) is 21.0 Å². The van der Waals surface area contributed by atoms with Gasteiger partial charge in [-0.1, -0.05) is 0 Å². The predicted octanol–water partition coefficient (Wildman–Crippen LogP) is -0.532. The topological polar surface area (TPSA) is 50.8 Å². The third-order valence-corrected chi connectivity index (χ3v) is 2.33. The minimum absolute atomic E-state index is 0.0150. The summed E-state index contributed by atoms with van der Waals surface area (Å²) in [7, 11) is 3.45. The van der Waals surface area contributed by atoms with Crippen molar-refractivity contribution >= 4 is 5.91 Å².